The Hall–Kier alpha value is -7.23. The van der Waals surface area contributed by atoms with Crippen LogP contribution in [0.1, 0.15) is 0 Å². The molecule has 0 aliphatic heterocycles. The Labute approximate surface area is 313 Å². The summed E-state index contributed by atoms with van der Waals surface area (Å²) in [6.07, 6.45) is 0. The molecule has 2 heterocycles. The number of aromatic nitrogens is 3. The van der Waals surface area contributed by atoms with Gasteiger partial charge in [-0.05, 0) is 57.3 Å². The number of pyridine rings is 1. The molecule has 0 fully saturated rings. The van der Waals surface area contributed by atoms with E-state index in [9.17, 15) is 0 Å². The molecule has 0 unspecified atom stereocenters. The smallest absolute Gasteiger partial charge is 0.160 e. The molecule has 8 aromatic carbocycles. The van der Waals surface area contributed by atoms with Gasteiger partial charge in [-0.2, -0.15) is 0 Å². The van der Waals surface area contributed by atoms with E-state index in [0.717, 1.165) is 66.8 Å². The van der Waals surface area contributed by atoms with Gasteiger partial charge < -0.3 is 0 Å². The first-order valence-corrected chi connectivity index (χ1v) is 18.3. The summed E-state index contributed by atoms with van der Waals surface area (Å²) in [4.78, 5) is 15.2. The lowest BCUT2D eigenvalue weighted by molar-refractivity contribution is 1.18. The van der Waals surface area contributed by atoms with E-state index in [0.29, 0.717) is 5.82 Å². The number of fused-ring (bicyclic) bond motifs is 4. The molecule has 252 valence electrons. The van der Waals surface area contributed by atoms with Crippen LogP contribution in [0.2, 0.25) is 0 Å². The molecular weight excluding hydrogens is 655 g/mol. The van der Waals surface area contributed by atoms with Crippen molar-refractivity contribution in [2.75, 3.05) is 0 Å². The fourth-order valence-corrected chi connectivity index (χ4v) is 7.57. The normalized spacial score (nSPS) is 11.3. The molecule has 54 heavy (non-hydrogen) atoms. The summed E-state index contributed by atoms with van der Waals surface area (Å²) in [5.74, 6) is 0.713. The van der Waals surface area contributed by atoms with Crippen LogP contribution in [0.25, 0.3) is 99.9 Å². The molecule has 0 aliphatic rings. The van der Waals surface area contributed by atoms with Crippen molar-refractivity contribution < 1.29 is 0 Å². The highest BCUT2D eigenvalue weighted by Gasteiger charge is 2.16. The fourth-order valence-electron chi connectivity index (χ4n) is 7.57. The lowest BCUT2D eigenvalue weighted by Gasteiger charge is -2.15. The molecule has 0 bridgehead atoms. The number of rotatable bonds is 6. The summed E-state index contributed by atoms with van der Waals surface area (Å²) < 4.78 is 0. The van der Waals surface area contributed by atoms with Crippen molar-refractivity contribution in [3.63, 3.8) is 0 Å². The second-order valence-electron chi connectivity index (χ2n) is 13.6. The van der Waals surface area contributed by atoms with Crippen LogP contribution < -0.4 is 0 Å². The molecule has 0 atom stereocenters. The molecule has 0 aliphatic carbocycles. The highest BCUT2D eigenvalue weighted by Crippen LogP contribution is 2.40. The van der Waals surface area contributed by atoms with Gasteiger partial charge in [0.25, 0.3) is 0 Å². The SMILES string of the molecule is c1ccc(-c2cc(-c3ccc(-c4cccc(-c5cccc6c(-c7ccc8ccccc8c7)nc7ccccc7c56)c4)cc3)nc(-c3ccccc3)n2)cc1. The van der Waals surface area contributed by atoms with Crippen molar-refractivity contribution in [1.29, 1.82) is 0 Å². The molecular formula is C51H33N3. The zero-order valence-corrected chi connectivity index (χ0v) is 29.4. The van der Waals surface area contributed by atoms with Gasteiger partial charge in [-0.25, -0.2) is 15.0 Å². The third-order valence-electron chi connectivity index (χ3n) is 10.3. The first-order chi connectivity index (χ1) is 26.7. The fraction of sp³-hybridized carbons (Fsp3) is 0. The van der Waals surface area contributed by atoms with E-state index in [-0.39, 0.29) is 0 Å². The Bertz CT molecular complexity index is 2910. The lowest BCUT2D eigenvalue weighted by atomic mass is 9.91. The molecule has 0 saturated carbocycles. The van der Waals surface area contributed by atoms with Crippen LogP contribution in [0.3, 0.4) is 0 Å². The van der Waals surface area contributed by atoms with Crippen LogP contribution in [0.15, 0.2) is 200 Å². The minimum Gasteiger partial charge on any atom is -0.247 e. The van der Waals surface area contributed by atoms with Gasteiger partial charge in [0.1, 0.15) is 0 Å². The zero-order valence-electron chi connectivity index (χ0n) is 29.4. The second kappa shape index (κ2) is 13.4. The van der Waals surface area contributed by atoms with Gasteiger partial charge in [0.15, 0.2) is 5.82 Å². The summed E-state index contributed by atoms with van der Waals surface area (Å²) in [7, 11) is 0. The minimum absolute atomic E-state index is 0.713. The van der Waals surface area contributed by atoms with Crippen molar-refractivity contribution in [1.82, 2.24) is 15.0 Å². The van der Waals surface area contributed by atoms with Gasteiger partial charge in [0.05, 0.1) is 22.6 Å². The first-order valence-electron chi connectivity index (χ1n) is 18.3. The highest BCUT2D eigenvalue weighted by atomic mass is 14.9. The van der Waals surface area contributed by atoms with Gasteiger partial charge in [-0.3, -0.25) is 0 Å². The first kappa shape index (κ1) is 31.5. The van der Waals surface area contributed by atoms with Crippen molar-refractivity contribution in [2.24, 2.45) is 0 Å². The van der Waals surface area contributed by atoms with E-state index in [2.05, 4.69) is 164 Å². The van der Waals surface area contributed by atoms with Crippen LogP contribution in [0.4, 0.5) is 0 Å². The number of benzene rings is 8. The van der Waals surface area contributed by atoms with Gasteiger partial charge in [0, 0.05) is 38.4 Å². The van der Waals surface area contributed by atoms with E-state index in [1.165, 1.54) is 27.3 Å². The Morgan fingerprint density at radius 1 is 0.296 bits per heavy atom. The van der Waals surface area contributed by atoms with Crippen LogP contribution in [0.5, 0.6) is 0 Å². The van der Waals surface area contributed by atoms with Crippen LogP contribution in [-0.2, 0) is 0 Å². The third kappa shape index (κ3) is 5.78. The standard InChI is InChI=1S/C51H33N3/c1-3-14-36(15-4-1)47-33-48(54-51(53-47)38-16-5-2-6-17-38)37-28-25-35(26-29-37)40-19-11-20-41(31-40)43-22-12-23-45-49(43)44-21-9-10-24-46(44)52-50(45)42-30-27-34-13-7-8-18-39(34)32-42/h1-33H. The third-order valence-corrected chi connectivity index (χ3v) is 10.3. The van der Waals surface area contributed by atoms with Crippen molar-refractivity contribution in [3.8, 4) is 67.4 Å². The molecule has 0 saturated heterocycles. The average Bonchev–Trinajstić information content (AvgIpc) is 3.26. The molecule has 3 heteroatoms. The number of hydrogen-bond acceptors (Lipinski definition) is 3. The summed E-state index contributed by atoms with van der Waals surface area (Å²) in [5, 5.41) is 5.94. The molecule has 2 aromatic heterocycles. The summed E-state index contributed by atoms with van der Waals surface area (Å²) in [6.45, 7) is 0. The van der Waals surface area contributed by atoms with E-state index < -0.39 is 0 Å². The number of hydrogen-bond donors (Lipinski definition) is 0. The molecule has 10 aromatic rings. The molecule has 0 N–H and O–H groups in total. The van der Waals surface area contributed by atoms with E-state index >= 15 is 0 Å². The highest BCUT2D eigenvalue weighted by molar-refractivity contribution is 6.17. The van der Waals surface area contributed by atoms with Crippen molar-refractivity contribution in [2.45, 2.75) is 0 Å². The van der Waals surface area contributed by atoms with Crippen molar-refractivity contribution in [3.05, 3.63) is 200 Å². The van der Waals surface area contributed by atoms with Crippen LogP contribution in [0, 0.1) is 0 Å². The zero-order chi connectivity index (χ0) is 35.8. The Morgan fingerprint density at radius 2 is 0.870 bits per heavy atom. The predicted octanol–water partition coefficient (Wildman–Crippen LogP) is 13.3. The predicted molar refractivity (Wildman–Crippen MR) is 225 cm³/mol. The maximum Gasteiger partial charge on any atom is 0.160 e. The van der Waals surface area contributed by atoms with E-state index in [1.807, 2.05) is 36.4 Å². The quantitative estimate of drug-likeness (QED) is 0.163. The van der Waals surface area contributed by atoms with Crippen molar-refractivity contribution >= 4 is 32.4 Å². The van der Waals surface area contributed by atoms with Gasteiger partial charge in [-0.1, -0.05) is 176 Å². The van der Waals surface area contributed by atoms with Crippen LogP contribution >= 0.6 is 0 Å². The van der Waals surface area contributed by atoms with Gasteiger partial charge in [0.2, 0.25) is 0 Å². The summed E-state index contributed by atoms with van der Waals surface area (Å²) >= 11 is 0. The summed E-state index contributed by atoms with van der Waals surface area (Å²) in [6, 6.07) is 70.4. The summed E-state index contributed by atoms with van der Waals surface area (Å²) in [5.41, 5.74) is 12.6. The van der Waals surface area contributed by atoms with Crippen LogP contribution in [-0.4, -0.2) is 15.0 Å². The lowest BCUT2D eigenvalue weighted by Crippen LogP contribution is -1.95. The Balaban J connectivity index is 1.06. The van der Waals surface area contributed by atoms with E-state index in [4.69, 9.17) is 15.0 Å². The van der Waals surface area contributed by atoms with E-state index in [1.54, 1.807) is 0 Å². The molecule has 0 amide bonds. The average molecular weight is 688 g/mol. The largest absolute Gasteiger partial charge is 0.247 e. The second-order valence-corrected chi connectivity index (χ2v) is 13.6. The van der Waals surface area contributed by atoms with Gasteiger partial charge >= 0.3 is 0 Å². The number of para-hydroxylation sites is 1. The minimum atomic E-state index is 0.713. The maximum atomic E-state index is 5.25. The molecule has 3 nitrogen and oxygen atoms in total. The monoisotopic (exact) mass is 687 g/mol. The topological polar surface area (TPSA) is 38.7 Å². The number of nitrogens with zero attached hydrogens (tertiary/aromatic N) is 3. The maximum absolute atomic E-state index is 5.25. The van der Waals surface area contributed by atoms with Gasteiger partial charge in [-0.15, -0.1) is 0 Å². The Morgan fingerprint density at radius 3 is 1.67 bits per heavy atom. The molecule has 0 spiro atoms. The molecule has 0 radical (unpaired) electrons. The molecule has 10 rings (SSSR count). The Kier molecular flexibility index (Phi) is 7.81.